The SMILES string of the molecule is O=C(c1cnc2cnccn12)N1CCC(OCc2ccc(Cl)cc2Cl)C1. The summed E-state index contributed by atoms with van der Waals surface area (Å²) in [5.74, 6) is -0.0562. The van der Waals surface area contributed by atoms with Gasteiger partial charge in [0.25, 0.3) is 5.91 Å². The van der Waals surface area contributed by atoms with Crippen LogP contribution in [0.4, 0.5) is 0 Å². The second-order valence-electron chi connectivity index (χ2n) is 6.16. The molecule has 0 bridgehead atoms. The maximum atomic E-state index is 12.8. The number of carbonyl (C=O) groups excluding carboxylic acids is 1. The number of rotatable bonds is 4. The van der Waals surface area contributed by atoms with Gasteiger partial charge in [-0.1, -0.05) is 29.3 Å². The lowest BCUT2D eigenvalue weighted by Gasteiger charge is -2.16. The van der Waals surface area contributed by atoms with Crippen LogP contribution in [0.15, 0.2) is 43.0 Å². The maximum absolute atomic E-state index is 12.8. The highest BCUT2D eigenvalue weighted by Crippen LogP contribution is 2.23. The summed E-state index contributed by atoms with van der Waals surface area (Å²) in [4.78, 5) is 22.8. The molecule has 4 rings (SSSR count). The van der Waals surface area contributed by atoms with E-state index in [-0.39, 0.29) is 12.0 Å². The molecule has 1 saturated heterocycles. The van der Waals surface area contributed by atoms with E-state index in [1.807, 2.05) is 6.07 Å². The van der Waals surface area contributed by atoms with E-state index in [0.29, 0.717) is 41.1 Å². The van der Waals surface area contributed by atoms with Gasteiger partial charge in [-0.3, -0.25) is 14.2 Å². The van der Waals surface area contributed by atoms with Crippen LogP contribution < -0.4 is 0 Å². The minimum absolute atomic E-state index is 0.0217. The van der Waals surface area contributed by atoms with Crippen LogP contribution in [0.3, 0.4) is 0 Å². The Kier molecular flexibility index (Phi) is 4.80. The van der Waals surface area contributed by atoms with E-state index in [0.717, 1.165) is 12.0 Å². The van der Waals surface area contributed by atoms with Crippen molar-refractivity contribution in [3.8, 4) is 0 Å². The van der Waals surface area contributed by atoms with Crippen molar-refractivity contribution in [2.45, 2.75) is 19.1 Å². The summed E-state index contributed by atoms with van der Waals surface area (Å²) >= 11 is 12.1. The fraction of sp³-hybridized carbons (Fsp3) is 0.278. The normalized spacial score (nSPS) is 17.2. The highest BCUT2D eigenvalue weighted by molar-refractivity contribution is 6.35. The summed E-state index contributed by atoms with van der Waals surface area (Å²) in [6.45, 7) is 1.59. The molecule has 1 atom stereocenters. The molecular weight excluding hydrogens is 375 g/mol. The third-order valence-electron chi connectivity index (χ3n) is 4.46. The first kappa shape index (κ1) is 17.3. The topological polar surface area (TPSA) is 59.7 Å². The molecule has 1 aromatic carbocycles. The number of likely N-dealkylation sites (tertiary alicyclic amines) is 1. The zero-order valence-corrected chi connectivity index (χ0v) is 15.3. The number of imidazole rings is 1. The summed E-state index contributed by atoms with van der Waals surface area (Å²) < 4.78 is 7.69. The number of aromatic nitrogens is 3. The highest BCUT2D eigenvalue weighted by atomic mass is 35.5. The van der Waals surface area contributed by atoms with Gasteiger partial charge in [0.1, 0.15) is 5.69 Å². The van der Waals surface area contributed by atoms with Gasteiger partial charge in [-0.15, -0.1) is 0 Å². The van der Waals surface area contributed by atoms with Crippen molar-refractivity contribution in [3.05, 3.63) is 64.3 Å². The van der Waals surface area contributed by atoms with Crippen LogP contribution in [0.25, 0.3) is 5.65 Å². The molecular formula is C18H16Cl2N4O2. The van der Waals surface area contributed by atoms with E-state index in [1.165, 1.54) is 0 Å². The Balaban J connectivity index is 1.39. The van der Waals surface area contributed by atoms with Crippen LogP contribution >= 0.6 is 23.2 Å². The largest absolute Gasteiger partial charge is 0.372 e. The molecule has 3 heterocycles. The molecule has 0 N–H and O–H groups in total. The standard InChI is InChI=1S/C18H16Cl2N4O2/c19-13-2-1-12(15(20)7-13)11-26-14-3-5-23(10-14)18(25)16-8-22-17-9-21-4-6-24(16)17/h1-2,4,6-9,14H,3,5,10-11H2. The number of fused-ring (bicyclic) bond motifs is 1. The highest BCUT2D eigenvalue weighted by Gasteiger charge is 2.29. The molecule has 2 aromatic heterocycles. The number of ether oxygens (including phenoxy) is 1. The number of carbonyl (C=O) groups is 1. The monoisotopic (exact) mass is 390 g/mol. The van der Waals surface area contributed by atoms with E-state index in [9.17, 15) is 4.79 Å². The van der Waals surface area contributed by atoms with E-state index in [2.05, 4.69) is 9.97 Å². The molecule has 1 fully saturated rings. The lowest BCUT2D eigenvalue weighted by atomic mass is 10.2. The van der Waals surface area contributed by atoms with Crippen molar-refractivity contribution in [3.63, 3.8) is 0 Å². The van der Waals surface area contributed by atoms with Crippen LogP contribution in [0, 0.1) is 0 Å². The van der Waals surface area contributed by atoms with Crippen LogP contribution in [-0.4, -0.2) is 44.4 Å². The second-order valence-corrected chi connectivity index (χ2v) is 7.00. The second kappa shape index (κ2) is 7.23. The Morgan fingerprint density at radius 1 is 1.31 bits per heavy atom. The molecule has 0 radical (unpaired) electrons. The number of nitrogens with zero attached hydrogens (tertiary/aromatic N) is 4. The maximum Gasteiger partial charge on any atom is 0.272 e. The first-order valence-electron chi connectivity index (χ1n) is 8.23. The number of amides is 1. The smallest absolute Gasteiger partial charge is 0.272 e. The third-order valence-corrected chi connectivity index (χ3v) is 5.05. The van der Waals surface area contributed by atoms with Gasteiger partial charge in [0.15, 0.2) is 5.65 Å². The quantitative estimate of drug-likeness (QED) is 0.684. The van der Waals surface area contributed by atoms with Crippen LogP contribution in [0.2, 0.25) is 10.0 Å². The Bertz CT molecular complexity index is 959. The summed E-state index contributed by atoms with van der Waals surface area (Å²) in [7, 11) is 0. The van der Waals surface area contributed by atoms with Crippen molar-refractivity contribution in [2.75, 3.05) is 13.1 Å². The molecule has 0 spiro atoms. The van der Waals surface area contributed by atoms with E-state index in [1.54, 1.807) is 46.2 Å². The Hall–Kier alpha value is -2.15. The lowest BCUT2D eigenvalue weighted by molar-refractivity contribution is 0.0436. The lowest BCUT2D eigenvalue weighted by Crippen LogP contribution is -2.31. The molecule has 3 aromatic rings. The van der Waals surface area contributed by atoms with E-state index >= 15 is 0 Å². The van der Waals surface area contributed by atoms with Gasteiger partial charge in [0, 0.05) is 35.5 Å². The zero-order valence-electron chi connectivity index (χ0n) is 13.8. The average molecular weight is 391 g/mol. The molecule has 8 heteroatoms. The zero-order chi connectivity index (χ0) is 18.1. The van der Waals surface area contributed by atoms with Crippen molar-refractivity contribution in [2.24, 2.45) is 0 Å². The van der Waals surface area contributed by atoms with Gasteiger partial charge in [-0.2, -0.15) is 0 Å². The van der Waals surface area contributed by atoms with E-state index in [4.69, 9.17) is 27.9 Å². The minimum Gasteiger partial charge on any atom is -0.372 e. The molecule has 0 saturated carbocycles. The summed E-state index contributed by atoms with van der Waals surface area (Å²) in [6.07, 6.45) is 7.35. The molecule has 1 unspecified atom stereocenters. The minimum atomic E-state index is -0.0562. The first-order valence-corrected chi connectivity index (χ1v) is 8.99. The summed E-state index contributed by atoms with van der Waals surface area (Å²) in [5.41, 5.74) is 2.07. The predicted octanol–water partition coefficient (Wildman–Crippen LogP) is 3.47. The van der Waals surface area contributed by atoms with Gasteiger partial charge >= 0.3 is 0 Å². The van der Waals surface area contributed by atoms with Gasteiger partial charge in [-0.05, 0) is 24.1 Å². The van der Waals surface area contributed by atoms with Crippen molar-refractivity contribution >= 4 is 34.8 Å². The van der Waals surface area contributed by atoms with Gasteiger partial charge < -0.3 is 9.64 Å². The Morgan fingerprint density at radius 2 is 2.19 bits per heavy atom. The van der Waals surface area contributed by atoms with Crippen molar-refractivity contribution in [1.29, 1.82) is 0 Å². The molecule has 134 valence electrons. The first-order chi connectivity index (χ1) is 12.6. The van der Waals surface area contributed by atoms with Crippen molar-refractivity contribution < 1.29 is 9.53 Å². The van der Waals surface area contributed by atoms with Gasteiger partial charge in [0.2, 0.25) is 0 Å². The number of hydrogen-bond donors (Lipinski definition) is 0. The van der Waals surface area contributed by atoms with Gasteiger partial charge in [0.05, 0.1) is 25.1 Å². The third kappa shape index (κ3) is 3.40. The van der Waals surface area contributed by atoms with E-state index < -0.39 is 0 Å². The van der Waals surface area contributed by atoms with Crippen LogP contribution in [0.1, 0.15) is 22.5 Å². The average Bonchev–Trinajstić information content (AvgIpc) is 3.27. The predicted molar refractivity (Wildman–Crippen MR) is 98.5 cm³/mol. The number of hydrogen-bond acceptors (Lipinski definition) is 4. The molecule has 1 aliphatic heterocycles. The Labute approximate surface area is 160 Å². The molecule has 1 amide bonds. The van der Waals surface area contributed by atoms with Crippen LogP contribution in [0.5, 0.6) is 0 Å². The van der Waals surface area contributed by atoms with Crippen molar-refractivity contribution in [1.82, 2.24) is 19.3 Å². The fourth-order valence-corrected chi connectivity index (χ4v) is 3.52. The molecule has 26 heavy (non-hydrogen) atoms. The summed E-state index contributed by atoms with van der Waals surface area (Å²) in [6, 6.07) is 5.34. The fourth-order valence-electron chi connectivity index (χ4n) is 3.06. The molecule has 0 aliphatic carbocycles. The number of halogens is 2. The van der Waals surface area contributed by atoms with Gasteiger partial charge in [-0.25, -0.2) is 4.98 Å². The van der Waals surface area contributed by atoms with Crippen LogP contribution in [-0.2, 0) is 11.3 Å². The Morgan fingerprint density at radius 3 is 3.04 bits per heavy atom. The molecule has 6 nitrogen and oxygen atoms in total. The molecule has 1 aliphatic rings. The summed E-state index contributed by atoms with van der Waals surface area (Å²) in [5, 5.41) is 1.18. The number of benzene rings is 1.